The van der Waals surface area contributed by atoms with Crippen molar-refractivity contribution in [3.8, 4) is 11.4 Å². The Kier molecular flexibility index (Phi) is 6.46. The average Bonchev–Trinajstić information content (AvgIpc) is 3.50. The first-order valence-corrected chi connectivity index (χ1v) is 12.4. The summed E-state index contributed by atoms with van der Waals surface area (Å²) in [5.74, 6) is 1.48. The van der Waals surface area contributed by atoms with Gasteiger partial charge in [0.25, 0.3) is 0 Å². The molecule has 2 aliphatic rings. The number of aromatic nitrogens is 5. The lowest BCUT2D eigenvalue weighted by Gasteiger charge is -2.34. The van der Waals surface area contributed by atoms with Gasteiger partial charge in [0, 0.05) is 37.3 Å². The molecule has 0 unspecified atom stereocenters. The number of halogens is 2. The van der Waals surface area contributed by atoms with E-state index in [4.69, 9.17) is 15.1 Å². The third-order valence-corrected chi connectivity index (χ3v) is 7.30. The van der Waals surface area contributed by atoms with Crippen molar-refractivity contribution in [3.63, 3.8) is 0 Å². The van der Waals surface area contributed by atoms with E-state index in [9.17, 15) is 9.50 Å². The summed E-state index contributed by atoms with van der Waals surface area (Å²) < 4.78 is 15.7. The number of rotatable bonds is 4. The Balaban J connectivity index is 0.00000267. The third-order valence-electron chi connectivity index (χ3n) is 7.30. The van der Waals surface area contributed by atoms with Crippen molar-refractivity contribution in [1.82, 2.24) is 24.6 Å². The first-order chi connectivity index (χ1) is 16.8. The van der Waals surface area contributed by atoms with Crippen LogP contribution >= 0.6 is 12.4 Å². The molecule has 0 bridgehead atoms. The van der Waals surface area contributed by atoms with Crippen LogP contribution in [0.2, 0.25) is 0 Å². The molecule has 0 amide bonds. The highest BCUT2D eigenvalue weighted by Crippen LogP contribution is 2.32. The topological polar surface area (TPSA) is 91.5 Å². The van der Waals surface area contributed by atoms with E-state index in [0.29, 0.717) is 22.4 Å². The standard InChI is InChI=1S/C26H30FN7O.ClH/c1-16-25(30-20-13-17(27)5-6-19(20)28-16)21-14-23-31-22(33-11-3-4-12-33)15-24(34(23)32-21)29-18-7-9-26(2,35)10-8-18;/h5-6,13-15,18,29,35H,3-4,7-12H2,1-2H3;1H. The molecule has 8 nitrogen and oxygen atoms in total. The van der Waals surface area contributed by atoms with Crippen molar-refractivity contribution < 1.29 is 9.50 Å². The Labute approximate surface area is 215 Å². The van der Waals surface area contributed by atoms with E-state index in [2.05, 4.69) is 21.3 Å². The molecule has 1 saturated carbocycles. The molecule has 0 spiro atoms. The fourth-order valence-electron chi connectivity index (χ4n) is 5.24. The predicted molar refractivity (Wildman–Crippen MR) is 141 cm³/mol. The summed E-state index contributed by atoms with van der Waals surface area (Å²) in [6.07, 6.45) is 5.66. The van der Waals surface area contributed by atoms with Crippen molar-refractivity contribution >= 4 is 40.7 Å². The highest BCUT2D eigenvalue weighted by Gasteiger charge is 2.29. The maximum Gasteiger partial charge on any atom is 0.160 e. The van der Waals surface area contributed by atoms with Gasteiger partial charge in [-0.25, -0.2) is 19.3 Å². The van der Waals surface area contributed by atoms with Gasteiger partial charge in [-0.15, -0.1) is 12.4 Å². The second-order valence-electron chi connectivity index (χ2n) is 10.2. The summed E-state index contributed by atoms with van der Waals surface area (Å²) in [4.78, 5) is 16.6. The number of aliphatic hydroxyl groups is 1. The zero-order valence-electron chi connectivity index (χ0n) is 20.5. The highest BCUT2D eigenvalue weighted by molar-refractivity contribution is 5.85. The summed E-state index contributed by atoms with van der Waals surface area (Å²) in [5, 5.41) is 18.9. The molecule has 1 aliphatic carbocycles. The maximum atomic E-state index is 13.8. The lowest BCUT2D eigenvalue weighted by atomic mass is 9.84. The van der Waals surface area contributed by atoms with Gasteiger partial charge in [0.2, 0.25) is 0 Å². The fourth-order valence-corrected chi connectivity index (χ4v) is 5.24. The van der Waals surface area contributed by atoms with Gasteiger partial charge in [0.05, 0.1) is 22.3 Å². The molecule has 2 N–H and O–H groups in total. The summed E-state index contributed by atoms with van der Waals surface area (Å²) in [6.45, 7) is 5.80. The monoisotopic (exact) mass is 511 g/mol. The number of nitrogens with zero attached hydrogens (tertiary/aromatic N) is 6. The van der Waals surface area contributed by atoms with Crippen LogP contribution in [0.3, 0.4) is 0 Å². The summed E-state index contributed by atoms with van der Waals surface area (Å²) in [7, 11) is 0. The molecule has 2 fully saturated rings. The number of benzene rings is 1. The van der Waals surface area contributed by atoms with Crippen molar-refractivity contribution in [2.75, 3.05) is 23.3 Å². The fraction of sp³-hybridized carbons (Fsp3) is 0.462. The Morgan fingerprint density at radius 1 is 1.03 bits per heavy atom. The van der Waals surface area contributed by atoms with Crippen LogP contribution in [0.4, 0.5) is 16.0 Å². The van der Waals surface area contributed by atoms with Crippen molar-refractivity contribution in [1.29, 1.82) is 0 Å². The lowest BCUT2D eigenvalue weighted by molar-refractivity contribution is 0.0196. The zero-order valence-corrected chi connectivity index (χ0v) is 21.4. The first-order valence-electron chi connectivity index (χ1n) is 12.4. The molecular weight excluding hydrogens is 481 g/mol. The van der Waals surface area contributed by atoms with Gasteiger partial charge in [-0.3, -0.25) is 0 Å². The van der Waals surface area contributed by atoms with E-state index < -0.39 is 5.60 Å². The minimum atomic E-state index is -0.586. The van der Waals surface area contributed by atoms with Crippen molar-refractivity contribution in [2.45, 2.75) is 64.0 Å². The van der Waals surface area contributed by atoms with Crippen LogP contribution in [0.25, 0.3) is 28.1 Å². The van der Waals surface area contributed by atoms with Crippen molar-refractivity contribution in [3.05, 3.63) is 41.8 Å². The van der Waals surface area contributed by atoms with Gasteiger partial charge in [0.1, 0.15) is 28.8 Å². The molecule has 4 heterocycles. The summed E-state index contributed by atoms with van der Waals surface area (Å²) >= 11 is 0. The Morgan fingerprint density at radius 2 is 1.78 bits per heavy atom. The molecule has 6 rings (SSSR count). The van der Waals surface area contributed by atoms with Gasteiger partial charge in [-0.1, -0.05) is 0 Å². The first kappa shape index (κ1) is 24.6. The van der Waals surface area contributed by atoms with E-state index in [-0.39, 0.29) is 24.3 Å². The van der Waals surface area contributed by atoms with Crippen LogP contribution in [0.1, 0.15) is 51.1 Å². The highest BCUT2D eigenvalue weighted by atomic mass is 35.5. The largest absolute Gasteiger partial charge is 0.390 e. The molecule has 190 valence electrons. The van der Waals surface area contributed by atoms with Crippen molar-refractivity contribution in [2.24, 2.45) is 0 Å². The molecule has 10 heteroatoms. The van der Waals surface area contributed by atoms with E-state index >= 15 is 0 Å². The number of hydrogen-bond donors (Lipinski definition) is 2. The SMILES string of the molecule is Cc1nc2ccc(F)cc2nc1-c1cc2nc(N3CCCC3)cc(NC3CCC(C)(O)CC3)n2n1.Cl. The van der Waals surface area contributed by atoms with Crippen LogP contribution in [0.5, 0.6) is 0 Å². The van der Waals surface area contributed by atoms with E-state index in [1.807, 2.05) is 24.4 Å². The quantitative estimate of drug-likeness (QED) is 0.402. The molecule has 36 heavy (non-hydrogen) atoms. The zero-order chi connectivity index (χ0) is 24.2. The molecule has 1 aromatic carbocycles. The predicted octanol–water partition coefficient (Wildman–Crippen LogP) is 4.91. The van der Waals surface area contributed by atoms with E-state index in [1.165, 1.54) is 25.0 Å². The molecular formula is C26H31ClFN7O. The Hall–Kier alpha value is -3.04. The van der Waals surface area contributed by atoms with Crippen LogP contribution in [-0.4, -0.2) is 54.4 Å². The van der Waals surface area contributed by atoms with Crippen LogP contribution in [0.15, 0.2) is 30.3 Å². The second kappa shape index (κ2) is 9.44. The van der Waals surface area contributed by atoms with Crippen LogP contribution < -0.4 is 10.2 Å². The number of nitrogens with one attached hydrogen (secondary N) is 1. The summed E-state index contributed by atoms with van der Waals surface area (Å²) in [6, 6.07) is 8.70. The average molecular weight is 512 g/mol. The normalized spacial score (nSPS) is 22.2. The number of anilines is 2. The maximum absolute atomic E-state index is 13.8. The summed E-state index contributed by atoms with van der Waals surface area (Å²) in [5.41, 5.74) is 3.31. The lowest BCUT2D eigenvalue weighted by Crippen LogP contribution is -2.36. The Morgan fingerprint density at radius 3 is 2.53 bits per heavy atom. The molecule has 0 atom stereocenters. The third kappa shape index (κ3) is 4.69. The van der Waals surface area contributed by atoms with Crippen LogP contribution in [-0.2, 0) is 0 Å². The van der Waals surface area contributed by atoms with E-state index in [1.54, 1.807) is 6.07 Å². The second-order valence-corrected chi connectivity index (χ2v) is 10.2. The van der Waals surface area contributed by atoms with Gasteiger partial charge in [-0.2, -0.15) is 9.61 Å². The van der Waals surface area contributed by atoms with Gasteiger partial charge < -0.3 is 15.3 Å². The minimum Gasteiger partial charge on any atom is -0.390 e. The number of aryl methyl sites for hydroxylation is 1. The molecule has 3 aromatic heterocycles. The van der Waals surface area contributed by atoms with Gasteiger partial charge in [0.15, 0.2) is 5.65 Å². The number of fused-ring (bicyclic) bond motifs is 2. The van der Waals surface area contributed by atoms with Gasteiger partial charge >= 0.3 is 0 Å². The van der Waals surface area contributed by atoms with E-state index in [0.717, 1.165) is 61.7 Å². The Bertz CT molecular complexity index is 1410. The van der Waals surface area contributed by atoms with Gasteiger partial charge in [-0.05, 0) is 64.5 Å². The minimum absolute atomic E-state index is 0. The van der Waals surface area contributed by atoms with Crippen LogP contribution in [0, 0.1) is 12.7 Å². The number of hydrogen-bond acceptors (Lipinski definition) is 7. The molecule has 4 aromatic rings. The molecule has 0 radical (unpaired) electrons. The molecule has 1 aliphatic heterocycles. The molecule has 1 saturated heterocycles. The smallest absolute Gasteiger partial charge is 0.160 e.